The minimum absolute atomic E-state index is 0.401. The van der Waals surface area contributed by atoms with Crippen LogP contribution in [-0.2, 0) is 0 Å². The molecule has 2 unspecified atom stereocenters. The first-order valence-corrected chi connectivity index (χ1v) is 7.88. The van der Waals surface area contributed by atoms with Crippen molar-refractivity contribution in [3.63, 3.8) is 0 Å². The van der Waals surface area contributed by atoms with Crippen LogP contribution in [0.15, 0.2) is 24.3 Å². The van der Waals surface area contributed by atoms with E-state index in [0.717, 1.165) is 18.8 Å². The van der Waals surface area contributed by atoms with Gasteiger partial charge in [-0.05, 0) is 50.9 Å². The number of methoxy groups -OCH3 is 1. The molecule has 1 heterocycles. The van der Waals surface area contributed by atoms with Crippen molar-refractivity contribution in [1.82, 2.24) is 4.90 Å². The monoisotopic (exact) mass is 276 g/mol. The molecule has 112 valence electrons. The zero-order chi connectivity index (χ0) is 14.4. The first kappa shape index (κ1) is 15.3. The van der Waals surface area contributed by atoms with Crippen LogP contribution in [0.2, 0.25) is 0 Å². The molecule has 0 spiro atoms. The van der Waals surface area contributed by atoms with Gasteiger partial charge in [-0.15, -0.1) is 0 Å². The van der Waals surface area contributed by atoms with E-state index in [1.807, 2.05) is 6.07 Å². The topological polar surface area (TPSA) is 38.5 Å². The summed E-state index contributed by atoms with van der Waals surface area (Å²) in [5.74, 6) is 1.53. The van der Waals surface area contributed by atoms with E-state index in [4.69, 9.17) is 10.5 Å². The van der Waals surface area contributed by atoms with Gasteiger partial charge in [-0.25, -0.2) is 0 Å². The van der Waals surface area contributed by atoms with Crippen LogP contribution in [0.3, 0.4) is 0 Å². The average molecular weight is 276 g/mol. The van der Waals surface area contributed by atoms with Crippen molar-refractivity contribution >= 4 is 0 Å². The summed E-state index contributed by atoms with van der Waals surface area (Å²) in [5, 5.41) is 0. The number of para-hydroxylation sites is 1. The lowest BCUT2D eigenvalue weighted by molar-refractivity contribution is 0.155. The highest BCUT2D eigenvalue weighted by atomic mass is 16.5. The minimum Gasteiger partial charge on any atom is -0.496 e. The van der Waals surface area contributed by atoms with Crippen molar-refractivity contribution in [3.8, 4) is 5.75 Å². The summed E-state index contributed by atoms with van der Waals surface area (Å²) in [6.07, 6.45) is 4.97. The van der Waals surface area contributed by atoms with E-state index >= 15 is 0 Å². The van der Waals surface area contributed by atoms with Gasteiger partial charge >= 0.3 is 0 Å². The van der Waals surface area contributed by atoms with Gasteiger partial charge in [0.15, 0.2) is 0 Å². The van der Waals surface area contributed by atoms with E-state index in [9.17, 15) is 0 Å². The molecule has 0 radical (unpaired) electrons. The smallest absolute Gasteiger partial charge is 0.123 e. The Morgan fingerprint density at radius 2 is 2.10 bits per heavy atom. The van der Waals surface area contributed by atoms with E-state index in [1.54, 1.807) is 7.11 Å². The molecule has 0 amide bonds. The Morgan fingerprint density at radius 3 is 2.80 bits per heavy atom. The van der Waals surface area contributed by atoms with Gasteiger partial charge in [0.2, 0.25) is 0 Å². The molecule has 1 saturated heterocycles. The van der Waals surface area contributed by atoms with Crippen molar-refractivity contribution < 1.29 is 4.74 Å². The van der Waals surface area contributed by atoms with Gasteiger partial charge < -0.3 is 10.5 Å². The van der Waals surface area contributed by atoms with Gasteiger partial charge in [0.1, 0.15) is 5.75 Å². The zero-order valence-corrected chi connectivity index (χ0v) is 12.8. The van der Waals surface area contributed by atoms with Gasteiger partial charge in [0.25, 0.3) is 0 Å². The fourth-order valence-electron chi connectivity index (χ4n) is 3.46. The zero-order valence-electron chi connectivity index (χ0n) is 12.8. The number of ether oxygens (including phenoxy) is 1. The van der Waals surface area contributed by atoms with Crippen LogP contribution in [-0.4, -0.2) is 31.6 Å². The Labute approximate surface area is 123 Å². The Hall–Kier alpha value is -1.06. The molecular weight excluding hydrogens is 248 g/mol. The lowest BCUT2D eigenvalue weighted by Gasteiger charge is -2.35. The maximum Gasteiger partial charge on any atom is 0.123 e. The molecule has 0 aliphatic carbocycles. The first-order valence-electron chi connectivity index (χ1n) is 7.88. The van der Waals surface area contributed by atoms with E-state index in [1.165, 1.54) is 37.8 Å². The summed E-state index contributed by atoms with van der Waals surface area (Å²) < 4.78 is 5.59. The predicted octanol–water partition coefficient (Wildman–Crippen LogP) is 3.21. The molecule has 2 N–H and O–H groups in total. The Balaban J connectivity index is 2.37. The molecule has 1 aromatic carbocycles. The molecule has 0 saturated carbocycles. The molecule has 0 aromatic heterocycles. The number of nitrogens with zero attached hydrogens (tertiary/aromatic N) is 1. The van der Waals surface area contributed by atoms with E-state index in [0.29, 0.717) is 12.0 Å². The average Bonchev–Trinajstić information content (AvgIpc) is 2.69. The van der Waals surface area contributed by atoms with Crippen molar-refractivity contribution in [2.75, 3.05) is 26.7 Å². The molecule has 3 heteroatoms. The lowest BCUT2D eigenvalue weighted by atomic mass is 9.88. The number of hydrogen-bond acceptors (Lipinski definition) is 3. The third-order valence-electron chi connectivity index (χ3n) is 4.38. The van der Waals surface area contributed by atoms with E-state index in [2.05, 4.69) is 30.0 Å². The number of benzene rings is 1. The van der Waals surface area contributed by atoms with Gasteiger partial charge in [-0.3, -0.25) is 4.90 Å². The molecule has 2 atom stereocenters. The Bertz CT molecular complexity index is 408. The third-order valence-corrected chi connectivity index (χ3v) is 4.38. The quantitative estimate of drug-likeness (QED) is 0.897. The number of rotatable bonds is 5. The maximum absolute atomic E-state index is 6.08. The number of hydrogen-bond donors (Lipinski definition) is 1. The predicted molar refractivity (Wildman–Crippen MR) is 84.0 cm³/mol. The van der Waals surface area contributed by atoms with Crippen LogP contribution in [0, 0.1) is 5.92 Å². The van der Waals surface area contributed by atoms with Crippen LogP contribution in [0.4, 0.5) is 0 Å². The van der Waals surface area contributed by atoms with Crippen molar-refractivity contribution in [1.29, 1.82) is 0 Å². The second kappa shape index (κ2) is 7.65. The summed E-state index contributed by atoms with van der Waals surface area (Å²) in [6, 6.07) is 8.83. The molecule has 1 aromatic rings. The summed E-state index contributed by atoms with van der Waals surface area (Å²) in [5.41, 5.74) is 7.39. The van der Waals surface area contributed by atoms with Gasteiger partial charge in [0, 0.05) is 11.6 Å². The molecule has 0 bridgehead atoms. The molecule has 2 rings (SSSR count). The summed E-state index contributed by atoms with van der Waals surface area (Å²) >= 11 is 0. The van der Waals surface area contributed by atoms with Crippen molar-refractivity contribution in [3.05, 3.63) is 29.8 Å². The van der Waals surface area contributed by atoms with Gasteiger partial charge in [-0.2, -0.15) is 0 Å². The largest absolute Gasteiger partial charge is 0.496 e. The summed E-state index contributed by atoms with van der Waals surface area (Å²) in [4.78, 5) is 2.61. The molecule has 1 aliphatic rings. The SMILES string of the molecule is CCCN1CCCCC(CN)C1c1ccccc1OC. The van der Waals surface area contributed by atoms with Crippen LogP contribution < -0.4 is 10.5 Å². The lowest BCUT2D eigenvalue weighted by Crippen LogP contribution is -2.36. The van der Waals surface area contributed by atoms with Crippen LogP contribution in [0.1, 0.15) is 44.2 Å². The Kier molecular flexibility index (Phi) is 5.86. The second-order valence-electron chi connectivity index (χ2n) is 5.71. The highest BCUT2D eigenvalue weighted by Gasteiger charge is 2.31. The highest BCUT2D eigenvalue weighted by molar-refractivity contribution is 5.36. The summed E-state index contributed by atoms with van der Waals surface area (Å²) in [6.45, 7) is 5.32. The van der Waals surface area contributed by atoms with Gasteiger partial charge in [0.05, 0.1) is 7.11 Å². The molecular formula is C17H28N2O. The molecule has 1 fully saturated rings. The van der Waals surface area contributed by atoms with E-state index < -0.39 is 0 Å². The fraction of sp³-hybridized carbons (Fsp3) is 0.647. The molecule has 3 nitrogen and oxygen atoms in total. The first-order chi connectivity index (χ1) is 9.81. The highest BCUT2D eigenvalue weighted by Crippen LogP contribution is 2.38. The number of likely N-dealkylation sites (tertiary alicyclic amines) is 1. The second-order valence-corrected chi connectivity index (χ2v) is 5.71. The third kappa shape index (κ3) is 3.33. The normalized spacial score (nSPS) is 24.4. The van der Waals surface area contributed by atoms with Crippen molar-refractivity contribution in [2.24, 2.45) is 11.7 Å². The van der Waals surface area contributed by atoms with E-state index in [-0.39, 0.29) is 0 Å². The Morgan fingerprint density at radius 1 is 1.30 bits per heavy atom. The number of nitrogens with two attached hydrogens (primary N) is 1. The summed E-state index contributed by atoms with van der Waals surface area (Å²) in [7, 11) is 1.76. The fourth-order valence-corrected chi connectivity index (χ4v) is 3.46. The van der Waals surface area contributed by atoms with Gasteiger partial charge in [-0.1, -0.05) is 31.5 Å². The van der Waals surface area contributed by atoms with Crippen LogP contribution in [0.25, 0.3) is 0 Å². The van der Waals surface area contributed by atoms with Crippen molar-refractivity contribution in [2.45, 2.75) is 38.6 Å². The molecule has 1 aliphatic heterocycles. The van der Waals surface area contributed by atoms with Crippen LogP contribution in [0.5, 0.6) is 5.75 Å². The molecule has 20 heavy (non-hydrogen) atoms. The maximum atomic E-state index is 6.08. The minimum atomic E-state index is 0.401. The van der Waals surface area contributed by atoms with Crippen LogP contribution >= 0.6 is 0 Å². The standard InChI is InChI=1S/C17H28N2O/c1-3-11-19-12-7-6-8-14(13-18)17(19)15-9-4-5-10-16(15)20-2/h4-5,9-10,14,17H,3,6-8,11-13,18H2,1-2H3.